The molecule has 0 bridgehead atoms. The van der Waals surface area contributed by atoms with Gasteiger partial charge < -0.3 is 15.4 Å². The number of hydrogen-bond donors (Lipinski definition) is 1. The third kappa shape index (κ3) is 2.60. The van der Waals surface area contributed by atoms with Gasteiger partial charge in [0.1, 0.15) is 12.3 Å². The summed E-state index contributed by atoms with van der Waals surface area (Å²) in [5, 5.41) is 0. The summed E-state index contributed by atoms with van der Waals surface area (Å²) < 4.78 is 5.28. The molecule has 1 aromatic rings. The molecule has 108 valence electrons. The molecule has 6 heteroatoms. The summed E-state index contributed by atoms with van der Waals surface area (Å²) in [6.45, 7) is 2.22. The number of carbonyl (C=O) groups excluding carboxylic acids is 2. The van der Waals surface area contributed by atoms with Gasteiger partial charge in [0.2, 0.25) is 5.91 Å². The molecule has 2 rings (SSSR count). The SMILES string of the molecule is COc1ccc(C)cc1C(N)CN1C(=O)CN(C)C1=O. The van der Waals surface area contributed by atoms with E-state index < -0.39 is 6.04 Å². The molecule has 0 aliphatic carbocycles. The van der Waals surface area contributed by atoms with Gasteiger partial charge >= 0.3 is 6.03 Å². The van der Waals surface area contributed by atoms with Crippen LogP contribution in [0.2, 0.25) is 0 Å². The number of urea groups is 1. The topological polar surface area (TPSA) is 75.9 Å². The van der Waals surface area contributed by atoms with Gasteiger partial charge in [-0.15, -0.1) is 0 Å². The predicted octanol–water partition coefficient (Wildman–Crippen LogP) is 0.897. The molecule has 1 unspecified atom stereocenters. The van der Waals surface area contributed by atoms with E-state index in [2.05, 4.69) is 0 Å². The molecule has 1 saturated heterocycles. The first kappa shape index (κ1) is 14.3. The molecule has 2 N–H and O–H groups in total. The van der Waals surface area contributed by atoms with Crippen LogP contribution in [0.1, 0.15) is 17.2 Å². The van der Waals surface area contributed by atoms with Gasteiger partial charge in [0, 0.05) is 19.2 Å². The Morgan fingerprint density at radius 1 is 1.40 bits per heavy atom. The summed E-state index contributed by atoms with van der Waals surface area (Å²) in [6.07, 6.45) is 0. The van der Waals surface area contributed by atoms with Crippen LogP contribution in [-0.2, 0) is 4.79 Å². The number of methoxy groups -OCH3 is 1. The summed E-state index contributed by atoms with van der Waals surface area (Å²) in [6, 6.07) is 4.90. The standard InChI is InChI=1S/C14H19N3O3/c1-9-4-5-12(20-3)10(6-9)11(15)7-17-13(18)8-16(2)14(17)19/h4-6,11H,7-8,15H2,1-3H3. The fraction of sp³-hybridized carbons (Fsp3) is 0.429. The number of nitrogens with two attached hydrogens (primary N) is 1. The van der Waals surface area contributed by atoms with Gasteiger partial charge in [-0.3, -0.25) is 9.69 Å². The first-order valence-corrected chi connectivity index (χ1v) is 6.39. The lowest BCUT2D eigenvalue weighted by molar-refractivity contribution is -0.125. The molecule has 0 radical (unpaired) electrons. The van der Waals surface area contributed by atoms with E-state index in [0.717, 1.165) is 11.1 Å². The van der Waals surface area contributed by atoms with E-state index >= 15 is 0 Å². The highest BCUT2D eigenvalue weighted by atomic mass is 16.5. The van der Waals surface area contributed by atoms with Crippen molar-refractivity contribution in [2.24, 2.45) is 5.73 Å². The van der Waals surface area contributed by atoms with Gasteiger partial charge in [-0.1, -0.05) is 17.7 Å². The van der Waals surface area contributed by atoms with Crippen LogP contribution in [0, 0.1) is 6.92 Å². The van der Waals surface area contributed by atoms with Gasteiger partial charge in [0.05, 0.1) is 13.2 Å². The Morgan fingerprint density at radius 2 is 2.10 bits per heavy atom. The van der Waals surface area contributed by atoms with Crippen molar-refractivity contribution in [1.82, 2.24) is 9.80 Å². The number of amides is 3. The van der Waals surface area contributed by atoms with Crippen molar-refractivity contribution in [2.75, 3.05) is 27.2 Å². The van der Waals surface area contributed by atoms with Crippen molar-refractivity contribution in [2.45, 2.75) is 13.0 Å². The highest BCUT2D eigenvalue weighted by molar-refractivity contribution is 6.01. The number of hydrogen-bond acceptors (Lipinski definition) is 4. The maximum absolute atomic E-state index is 11.8. The Bertz CT molecular complexity index is 544. The third-order valence-corrected chi connectivity index (χ3v) is 3.39. The number of carbonyl (C=O) groups is 2. The molecule has 1 aromatic carbocycles. The minimum Gasteiger partial charge on any atom is -0.496 e. The highest BCUT2D eigenvalue weighted by Crippen LogP contribution is 2.26. The molecule has 0 aromatic heterocycles. The molecule has 1 heterocycles. The number of rotatable bonds is 4. The van der Waals surface area contributed by atoms with E-state index in [-0.39, 0.29) is 25.0 Å². The van der Waals surface area contributed by atoms with Crippen LogP contribution in [0.5, 0.6) is 5.75 Å². The largest absolute Gasteiger partial charge is 0.496 e. The number of nitrogens with zero attached hydrogens (tertiary/aromatic N) is 2. The average Bonchev–Trinajstić information content (AvgIpc) is 2.65. The minimum absolute atomic E-state index is 0.108. The van der Waals surface area contributed by atoms with Gasteiger partial charge in [0.25, 0.3) is 0 Å². The average molecular weight is 277 g/mol. The molecule has 1 atom stereocenters. The van der Waals surface area contributed by atoms with E-state index in [1.807, 2.05) is 25.1 Å². The Labute approximate surface area is 118 Å². The van der Waals surface area contributed by atoms with Crippen LogP contribution in [0.15, 0.2) is 18.2 Å². The first-order valence-electron chi connectivity index (χ1n) is 6.39. The fourth-order valence-corrected chi connectivity index (χ4v) is 2.29. The van der Waals surface area contributed by atoms with E-state index in [0.29, 0.717) is 5.75 Å². The second kappa shape index (κ2) is 5.50. The Kier molecular flexibility index (Phi) is 3.94. The summed E-state index contributed by atoms with van der Waals surface area (Å²) >= 11 is 0. The normalized spacial score (nSPS) is 16.8. The van der Waals surface area contributed by atoms with E-state index in [4.69, 9.17) is 10.5 Å². The second-order valence-electron chi connectivity index (χ2n) is 4.99. The number of aryl methyl sites for hydroxylation is 1. The molecule has 3 amide bonds. The predicted molar refractivity (Wildman–Crippen MR) is 74.4 cm³/mol. The minimum atomic E-state index is -0.468. The molecule has 1 fully saturated rings. The van der Waals surface area contributed by atoms with Crippen LogP contribution in [0.25, 0.3) is 0 Å². The van der Waals surface area contributed by atoms with Crippen molar-refractivity contribution in [3.8, 4) is 5.75 Å². The second-order valence-corrected chi connectivity index (χ2v) is 4.99. The highest BCUT2D eigenvalue weighted by Gasteiger charge is 2.34. The van der Waals surface area contributed by atoms with Gasteiger partial charge in [-0.05, 0) is 13.0 Å². The lowest BCUT2D eigenvalue weighted by atomic mass is 10.0. The molecule has 0 spiro atoms. The van der Waals surface area contributed by atoms with Crippen molar-refractivity contribution in [3.05, 3.63) is 29.3 Å². The lowest BCUT2D eigenvalue weighted by Crippen LogP contribution is -2.37. The van der Waals surface area contributed by atoms with Crippen LogP contribution in [0.4, 0.5) is 4.79 Å². The van der Waals surface area contributed by atoms with Gasteiger partial charge in [0.15, 0.2) is 0 Å². The number of imide groups is 1. The Hall–Kier alpha value is -2.08. The van der Waals surface area contributed by atoms with Crippen LogP contribution >= 0.6 is 0 Å². The summed E-state index contributed by atoms with van der Waals surface area (Å²) in [7, 11) is 3.17. The molecule has 0 saturated carbocycles. The number of likely N-dealkylation sites (N-methyl/N-ethyl adjacent to an activating group) is 1. The maximum Gasteiger partial charge on any atom is 0.327 e. The van der Waals surface area contributed by atoms with E-state index in [1.54, 1.807) is 14.2 Å². The van der Waals surface area contributed by atoms with Gasteiger partial charge in [-0.2, -0.15) is 0 Å². The third-order valence-electron chi connectivity index (χ3n) is 3.39. The first-order chi connectivity index (χ1) is 9.43. The summed E-state index contributed by atoms with van der Waals surface area (Å²) in [4.78, 5) is 26.2. The summed E-state index contributed by atoms with van der Waals surface area (Å²) in [5.74, 6) is 0.440. The Morgan fingerprint density at radius 3 is 2.65 bits per heavy atom. The molecular formula is C14H19N3O3. The summed E-state index contributed by atoms with van der Waals surface area (Å²) in [5.41, 5.74) is 7.99. The van der Waals surface area contributed by atoms with Crippen molar-refractivity contribution < 1.29 is 14.3 Å². The van der Waals surface area contributed by atoms with Gasteiger partial charge in [-0.25, -0.2) is 4.79 Å². The van der Waals surface area contributed by atoms with Crippen LogP contribution in [0.3, 0.4) is 0 Å². The van der Waals surface area contributed by atoms with Crippen molar-refractivity contribution in [3.63, 3.8) is 0 Å². The van der Waals surface area contributed by atoms with Crippen LogP contribution < -0.4 is 10.5 Å². The monoisotopic (exact) mass is 277 g/mol. The molecule has 6 nitrogen and oxygen atoms in total. The molecule has 1 aliphatic rings. The van der Waals surface area contributed by atoms with E-state index in [1.165, 1.54) is 9.80 Å². The van der Waals surface area contributed by atoms with Crippen molar-refractivity contribution in [1.29, 1.82) is 0 Å². The quantitative estimate of drug-likeness (QED) is 0.830. The lowest BCUT2D eigenvalue weighted by Gasteiger charge is -2.21. The zero-order valence-corrected chi connectivity index (χ0v) is 11.9. The molecule has 20 heavy (non-hydrogen) atoms. The molecular weight excluding hydrogens is 258 g/mol. The zero-order chi connectivity index (χ0) is 14.9. The smallest absolute Gasteiger partial charge is 0.327 e. The fourth-order valence-electron chi connectivity index (χ4n) is 2.29. The zero-order valence-electron chi connectivity index (χ0n) is 11.9. The van der Waals surface area contributed by atoms with Crippen LogP contribution in [-0.4, -0.2) is 49.0 Å². The van der Waals surface area contributed by atoms with Crippen molar-refractivity contribution >= 4 is 11.9 Å². The maximum atomic E-state index is 11.8. The van der Waals surface area contributed by atoms with E-state index in [9.17, 15) is 9.59 Å². The number of benzene rings is 1. The number of ether oxygens (including phenoxy) is 1. The molecule has 1 aliphatic heterocycles. The Balaban J connectivity index is 2.20.